The number of benzene rings is 1. The second kappa shape index (κ2) is 5.43. The number of rotatable bonds is 2. The van der Waals surface area contributed by atoms with Crippen LogP contribution < -0.4 is 11.3 Å². The Morgan fingerprint density at radius 1 is 1.21 bits per heavy atom. The van der Waals surface area contributed by atoms with Crippen LogP contribution in [0.4, 0.5) is 0 Å². The predicted octanol–water partition coefficient (Wildman–Crippen LogP) is 1.53. The predicted molar refractivity (Wildman–Crippen MR) is 59.3 cm³/mol. The van der Waals surface area contributed by atoms with Crippen LogP contribution >= 0.6 is 0 Å². The summed E-state index contributed by atoms with van der Waals surface area (Å²) < 4.78 is 0. The lowest BCUT2D eigenvalue weighted by atomic mass is 10.1. The highest BCUT2D eigenvalue weighted by molar-refractivity contribution is 5.34. The van der Waals surface area contributed by atoms with E-state index in [-0.39, 0.29) is 6.04 Å². The van der Waals surface area contributed by atoms with Gasteiger partial charge < -0.3 is 0 Å². The van der Waals surface area contributed by atoms with Gasteiger partial charge in [0.2, 0.25) is 0 Å². The Labute approximate surface area is 85.5 Å². The molecule has 74 valence electrons. The van der Waals surface area contributed by atoms with Gasteiger partial charge in [-0.3, -0.25) is 5.84 Å². The van der Waals surface area contributed by atoms with E-state index in [9.17, 15) is 0 Å². The molecule has 0 bridgehead atoms. The second-order valence-electron chi connectivity index (χ2n) is 3.52. The Morgan fingerprint density at radius 2 is 1.86 bits per heavy atom. The summed E-state index contributed by atoms with van der Waals surface area (Å²) in [5, 5.41) is 0. The molecule has 0 fully saturated rings. The zero-order chi connectivity index (χ0) is 10.4. The topological polar surface area (TPSA) is 38.0 Å². The fourth-order valence-corrected chi connectivity index (χ4v) is 1.08. The van der Waals surface area contributed by atoms with Gasteiger partial charge in [-0.25, -0.2) is 5.43 Å². The molecule has 0 radical (unpaired) electrons. The molecule has 1 atom stereocenters. The van der Waals surface area contributed by atoms with E-state index in [2.05, 4.69) is 31.1 Å². The van der Waals surface area contributed by atoms with Gasteiger partial charge in [0.1, 0.15) is 0 Å². The maximum Gasteiger partial charge on any atom is 0.0844 e. The van der Waals surface area contributed by atoms with Crippen LogP contribution in [0.15, 0.2) is 30.3 Å². The van der Waals surface area contributed by atoms with Gasteiger partial charge in [-0.05, 0) is 18.1 Å². The summed E-state index contributed by atoms with van der Waals surface area (Å²) in [6, 6.07) is 9.96. The van der Waals surface area contributed by atoms with E-state index in [1.165, 1.54) is 0 Å². The van der Waals surface area contributed by atoms with Crippen molar-refractivity contribution in [3.63, 3.8) is 0 Å². The van der Waals surface area contributed by atoms with Crippen molar-refractivity contribution in [1.82, 2.24) is 5.43 Å². The Balaban J connectivity index is 2.71. The van der Waals surface area contributed by atoms with Gasteiger partial charge in [0.25, 0.3) is 0 Å². The quantitative estimate of drug-likeness (QED) is 0.419. The molecule has 0 heterocycles. The van der Waals surface area contributed by atoms with Crippen LogP contribution in [0.3, 0.4) is 0 Å². The molecule has 0 aromatic heterocycles. The number of hydrazine groups is 1. The molecule has 0 aliphatic heterocycles. The van der Waals surface area contributed by atoms with Crippen molar-refractivity contribution in [3.05, 3.63) is 35.9 Å². The summed E-state index contributed by atoms with van der Waals surface area (Å²) in [7, 11) is 0. The molecule has 2 heteroatoms. The van der Waals surface area contributed by atoms with E-state index in [1.807, 2.05) is 30.3 Å². The Morgan fingerprint density at radius 3 is 2.36 bits per heavy atom. The fourth-order valence-electron chi connectivity index (χ4n) is 1.08. The van der Waals surface area contributed by atoms with Gasteiger partial charge in [-0.2, -0.15) is 0 Å². The third-order valence-electron chi connectivity index (χ3n) is 1.99. The van der Waals surface area contributed by atoms with Crippen LogP contribution in [0.2, 0.25) is 0 Å². The van der Waals surface area contributed by atoms with Crippen LogP contribution in [0.1, 0.15) is 19.4 Å². The van der Waals surface area contributed by atoms with Gasteiger partial charge in [-0.15, -0.1) is 0 Å². The third kappa shape index (κ3) is 3.21. The molecule has 3 N–H and O–H groups in total. The molecular formula is C12H16N2. The molecular weight excluding hydrogens is 172 g/mol. The molecule has 14 heavy (non-hydrogen) atoms. The van der Waals surface area contributed by atoms with Gasteiger partial charge in [0, 0.05) is 5.56 Å². The molecule has 0 saturated heterocycles. The Kier molecular flexibility index (Phi) is 4.18. The Hall–Kier alpha value is -1.30. The van der Waals surface area contributed by atoms with Crippen LogP contribution in [0.5, 0.6) is 0 Å². The molecule has 0 aliphatic rings. The molecule has 0 aliphatic carbocycles. The van der Waals surface area contributed by atoms with Crippen LogP contribution in [0.25, 0.3) is 0 Å². The molecule has 0 spiro atoms. The van der Waals surface area contributed by atoms with Gasteiger partial charge >= 0.3 is 0 Å². The van der Waals surface area contributed by atoms with Gasteiger partial charge in [0.05, 0.1) is 6.04 Å². The van der Waals surface area contributed by atoms with Crippen LogP contribution in [-0.4, -0.2) is 6.04 Å². The number of nitrogens with one attached hydrogen (secondary N) is 1. The van der Waals surface area contributed by atoms with Crippen molar-refractivity contribution in [1.29, 1.82) is 0 Å². The van der Waals surface area contributed by atoms with E-state index in [1.54, 1.807) is 0 Å². The molecule has 1 unspecified atom stereocenters. The van der Waals surface area contributed by atoms with Crippen molar-refractivity contribution in [3.8, 4) is 11.8 Å². The minimum absolute atomic E-state index is 0.0511. The van der Waals surface area contributed by atoms with E-state index >= 15 is 0 Å². The summed E-state index contributed by atoms with van der Waals surface area (Å²) in [5.74, 6) is 12.0. The molecule has 0 saturated carbocycles. The monoisotopic (exact) mass is 188 g/mol. The number of nitrogens with two attached hydrogens (primary N) is 1. The number of hydrogen-bond acceptors (Lipinski definition) is 2. The second-order valence-corrected chi connectivity index (χ2v) is 3.52. The van der Waals surface area contributed by atoms with Crippen molar-refractivity contribution in [2.45, 2.75) is 19.9 Å². The lowest BCUT2D eigenvalue weighted by molar-refractivity contribution is 0.488. The van der Waals surface area contributed by atoms with E-state index in [0.29, 0.717) is 5.92 Å². The highest BCUT2D eigenvalue weighted by atomic mass is 15.2. The van der Waals surface area contributed by atoms with Crippen molar-refractivity contribution < 1.29 is 0 Å². The summed E-state index contributed by atoms with van der Waals surface area (Å²) in [6.45, 7) is 4.18. The minimum Gasteiger partial charge on any atom is -0.270 e. The molecule has 2 nitrogen and oxygen atoms in total. The average molecular weight is 188 g/mol. The molecule has 1 rings (SSSR count). The SMILES string of the molecule is CC(C)C(C#Cc1ccccc1)NN. The smallest absolute Gasteiger partial charge is 0.0844 e. The average Bonchev–Trinajstić information content (AvgIpc) is 2.20. The maximum atomic E-state index is 5.39. The Bertz CT molecular complexity index is 319. The maximum absolute atomic E-state index is 5.39. The van der Waals surface area contributed by atoms with Gasteiger partial charge in [-0.1, -0.05) is 43.9 Å². The summed E-state index contributed by atoms with van der Waals surface area (Å²) in [4.78, 5) is 0. The van der Waals surface area contributed by atoms with Crippen molar-refractivity contribution in [2.24, 2.45) is 11.8 Å². The normalized spacial score (nSPS) is 12.0. The largest absolute Gasteiger partial charge is 0.270 e. The minimum atomic E-state index is 0.0511. The first kappa shape index (κ1) is 10.8. The first-order chi connectivity index (χ1) is 6.74. The first-order valence-corrected chi connectivity index (χ1v) is 4.76. The fraction of sp³-hybridized carbons (Fsp3) is 0.333. The molecule has 1 aromatic carbocycles. The zero-order valence-electron chi connectivity index (χ0n) is 8.62. The summed E-state index contributed by atoms with van der Waals surface area (Å²) in [5.41, 5.74) is 3.72. The van der Waals surface area contributed by atoms with Crippen LogP contribution in [0, 0.1) is 17.8 Å². The van der Waals surface area contributed by atoms with E-state index in [4.69, 9.17) is 5.84 Å². The van der Waals surface area contributed by atoms with Crippen LogP contribution in [-0.2, 0) is 0 Å². The standard InChI is InChI=1S/C12H16N2/c1-10(2)12(14-13)9-8-11-6-4-3-5-7-11/h3-7,10,12,14H,13H2,1-2H3. The van der Waals surface area contributed by atoms with Crippen molar-refractivity contribution >= 4 is 0 Å². The zero-order valence-corrected chi connectivity index (χ0v) is 8.62. The highest BCUT2D eigenvalue weighted by Crippen LogP contribution is 2.00. The highest BCUT2D eigenvalue weighted by Gasteiger charge is 2.05. The lowest BCUT2D eigenvalue weighted by Crippen LogP contribution is -2.37. The molecule has 1 aromatic rings. The third-order valence-corrected chi connectivity index (χ3v) is 1.99. The molecule has 0 amide bonds. The number of hydrogen-bond donors (Lipinski definition) is 2. The lowest BCUT2D eigenvalue weighted by Gasteiger charge is -2.12. The summed E-state index contributed by atoms with van der Waals surface area (Å²) >= 11 is 0. The first-order valence-electron chi connectivity index (χ1n) is 4.76. The van der Waals surface area contributed by atoms with Gasteiger partial charge in [0.15, 0.2) is 0 Å². The van der Waals surface area contributed by atoms with E-state index < -0.39 is 0 Å². The van der Waals surface area contributed by atoms with Crippen molar-refractivity contribution in [2.75, 3.05) is 0 Å². The summed E-state index contributed by atoms with van der Waals surface area (Å²) in [6.07, 6.45) is 0. The van der Waals surface area contributed by atoms with E-state index in [0.717, 1.165) is 5.56 Å².